The molecule has 0 radical (unpaired) electrons. The predicted octanol–water partition coefficient (Wildman–Crippen LogP) is 2.72. The maximum atomic E-state index is 12.8. The minimum atomic E-state index is -4.59. The van der Waals surface area contributed by atoms with Crippen LogP contribution in [-0.2, 0) is 6.18 Å². The number of rotatable bonds is 2. The smallest absolute Gasteiger partial charge is 0.298 e. The second-order valence-electron chi connectivity index (χ2n) is 4.01. The summed E-state index contributed by atoms with van der Waals surface area (Å²) >= 11 is 0. The van der Waals surface area contributed by atoms with Gasteiger partial charge in [-0.05, 0) is 32.0 Å². The van der Waals surface area contributed by atoms with Crippen molar-refractivity contribution < 1.29 is 18.0 Å². The second-order valence-corrected chi connectivity index (χ2v) is 4.01. The fourth-order valence-corrected chi connectivity index (χ4v) is 1.79. The number of nitrogens with zero attached hydrogens (tertiary/aromatic N) is 3. The van der Waals surface area contributed by atoms with E-state index in [2.05, 4.69) is 10.1 Å². The Bertz CT molecular complexity index is 632. The van der Waals surface area contributed by atoms with E-state index in [0.29, 0.717) is 11.6 Å². The first kappa shape index (κ1) is 13.3. The molecule has 100 valence electrons. The van der Waals surface area contributed by atoms with Crippen LogP contribution < -0.4 is 0 Å². The molecule has 19 heavy (non-hydrogen) atoms. The first-order valence-corrected chi connectivity index (χ1v) is 5.40. The highest BCUT2D eigenvalue weighted by Gasteiger charge is 2.33. The zero-order valence-electron chi connectivity index (χ0n) is 10.2. The molecular formula is C12H10F3N3O. The molecule has 0 saturated carbocycles. The van der Waals surface area contributed by atoms with Crippen LogP contribution in [0.5, 0.6) is 0 Å². The van der Waals surface area contributed by atoms with Gasteiger partial charge in [-0.15, -0.1) is 0 Å². The summed E-state index contributed by atoms with van der Waals surface area (Å²) in [5.41, 5.74) is -1.16. The van der Waals surface area contributed by atoms with Gasteiger partial charge in [-0.3, -0.25) is 4.79 Å². The summed E-state index contributed by atoms with van der Waals surface area (Å²) in [5.74, 6) is 0.940. The number of alkyl halides is 3. The SMILES string of the molecule is Cc1nc(C)n(-c2ccc(C=O)c(C(F)(F)F)c2)n1. The van der Waals surface area contributed by atoms with E-state index in [-0.39, 0.29) is 12.0 Å². The second kappa shape index (κ2) is 4.49. The third-order valence-corrected chi connectivity index (χ3v) is 2.59. The fourth-order valence-electron chi connectivity index (χ4n) is 1.79. The summed E-state index contributed by atoms with van der Waals surface area (Å²) < 4.78 is 39.8. The van der Waals surface area contributed by atoms with Crippen LogP contribution in [-0.4, -0.2) is 21.1 Å². The maximum absolute atomic E-state index is 12.8. The molecule has 7 heteroatoms. The number of hydrogen-bond donors (Lipinski definition) is 0. The van der Waals surface area contributed by atoms with E-state index in [1.807, 2.05) is 0 Å². The summed E-state index contributed by atoms with van der Waals surface area (Å²) in [6.07, 6.45) is -4.40. The fraction of sp³-hybridized carbons (Fsp3) is 0.250. The van der Waals surface area contributed by atoms with E-state index in [9.17, 15) is 18.0 Å². The molecule has 0 N–H and O–H groups in total. The molecular weight excluding hydrogens is 259 g/mol. The number of hydrogen-bond acceptors (Lipinski definition) is 3. The van der Waals surface area contributed by atoms with Gasteiger partial charge in [0.15, 0.2) is 6.29 Å². The molecule has 0 aliphatic carbocycles. The molecule has 0 amide bonds. The summed E-state index contributed by atoms with van der Waals surface area (Å²) in [6.45, 7) is 3.29. The number of halogens is 3. The Hall–Kier alpha value is -2.18. The van der Waals surface area contributed by atoms with Gasteiger partial charge >= 0.3 is 6.18 Å². The van der Waals surface area contributed by atoms with E-state index >= 15 is 0 Å². The van der Waals surface area contributed by atoms with Crippen molar-refractivity contribution in [2.45, 2.75) is 20.0 Å². The molecule has 0 saturated heterocycles. The maximum Gasteiger partial charge on any atom is 0.417 e. The Kier molecular flexibility index (Phi) is 3.13. The molecule has 1 aromatic heterocycles. The highest BCUT2D eigenvalue weighted by molar-refractivity contribution is 5.78. The number of carbonyl (C=O) groups is 1. The van der Waals surface area contributed by atoms with Crippen LogP contribution in [0.15, 0.2) is 18.2 Å². The molecule has 0 unspecified atom stereocenters. The van der Waals surface area contributed by atoms with Gasteiger partial charge in [-0.1, -0.05) is 0 Å². The van der Waals surface area contributed by atoms with E-state index in [1.165, 1.54) is 10.7 Å². The molecule has 0 aliphatic heterocycles. The van der Waals surface area contributed by atoms with E-state index in [4.69, 9.17) is 0 Å². The van der Waals surface area contributed by atoms with Crippen molar-refractivity contribution in [1.29, 1.82) is 0 Å². The molecule has 1 aromatic carbocycles. The molecule has 0 bridgehead atoms. The third-order valence-electron chi connectivity index (χ3n) is 2.59. The van der Waals surface area contributed by atoms with Gasteiger partial charge in [0, 0.05) is 5.56 Å². The van der Waals surface area contributed by atoms with E-state index in [0.717, 1.165) is 12.1 Å². The van der Waals surface area contributed by atoms with Crippen molar-refractivity contribution in [2.24, 2.45) is 0 Å². The monoisotopic (exact) mass is 269 g/mol. The van der Waals surface area contributed by atoms with Crippen molar-refractivity contribution in [3.63, 3.8) is 0 Å². The van der Waals surface area contributed by atoms with Crippen molar-refractivity contribution >= 4 is 6.29 Å². The van der Waals surface area contributed by atoms with Crippen molar-refractivity contribution in [1.82, 2.24) is 14.8 Å². The average molecular weight is 269 g/mol. The lowest BCUT2D eigenvalue weighted by Gasteiger charge is -2.11. The lowest BCUT2D eigenvalue weighted by Crippen LogP contribution is -2.11. The largest absolute Gasteiger partial charge is 0.417 e. The van der Waals surface area contributed by atoms with Crippen LogP contribution in [0.25, 0.3) is 5.69 Å². The van der Waals surface area contributed by atoms with Gasteiger partial charge in [-0.25, -0.2) is 9.67 Å². The first-order valence-electron chi connectivity index (χ1n) is 5.40. The number of aryl methyl sites for hydroxylation is 2. The van der Waals surface area contributed by atoms with Gasteiger partial charge < -0.3 is 0 Å². The minimum absolute atomic E-state index is 0.187. The van der Waals surface area contributed by atoms with E-state index in [1.54, 1.807) is 13.8 Å². The summed E-state index contributed by atoms with van der Waals surface area (Å²) in [7, 11) is 0. The molecule has 0 atom stereocenters. The van der Waals surface area contributed by atoms with Gasteiger partial charge in [-0.2, -0.15) is 18.3 Å². The van der Waals surface area contributed by atoms with Gasteiger partial charge in [0.2, 0.25) is 0 Å². The van der Waals surface area contributed by atoms with E-state index < -0.39 is 17.3 Å². The predicted molar refractivity (Wildman–Crippen MR) is 61.2 cm³/mol. The molecule has 2 rings (SSSR count). The Morgan fingerprint density at radius 1 is 1.26 bits per heavy atom. The molecule has 1 heterocycles. The Morgan fingerprint density at radius 2 is 1.95 bits per heavy atom. The van der Waals surface area contributed by atoms with Crippen LogP contribution in [0.3, 0.4) is 0 Å². The van der Waals surface area contributed by atoms with Crippen LogP contribution in [0, 0.1) is 13.8 Å². The lowest BCUT2D eigenvalue weighted by molar-refractivity contribution is -0.137. The molecule has 2 aromatic rings. The zero-order valence-corrected chi connectivity index (χ0v) is 10.2. The standard InChI is InChI=1S/C12H10F3N3O/c1-7-16-8(2)18(17-7)10-4-3-9(6-19)11(5-10)12(13,14)15/h3-6H,1-2H3. The quantitative estimate of drug-likeness (QED) is 0.787. The topological polar surface area (TPSA) is 47.8 Å². The number of benzene rings is 1. The molecule has 4 nitrogen and oxygen atoms in total. The minimum Gasteiger partial charge on any atom is -0.298 e. The van der Waals surface area contributed by atoms with Crippen molar-refractivity contribution in [3.05, 3.63) is 41.0 Å². The summed E-state index contributed by atoms with van der Waals surface area (Å²) in [4.78, 5) is 14.7. The van der Waals surface area contributed by atoms with Gasteiger partial charge in [0.05, 0.1) is 11.3 Å². The summed E-state index contributed by atoms with van der Waals surface area (Å²) in [6, 6.07) is 3.42. The Labute approximate surface area is 106 Å². The Morgan fingerprint density at radius 3 is 2.42 bits per heavy atom. The molecule has 0 spiro atoms. The van der Waals surface area contributed by atoms with Gasteiger partial charge in [0.25, 0.3) is 0 Å². The number of aromatic nitrogens is 3. The van der Waals surface area contributed by atoms with Crippen LogP contribution in [0.1, 0.15) is 27.6 Å². The number of aldehydes is 1. The molecule has 0 fully saturated rings. The highest BCUT2D eigenvalue weighted by atomic mass is 19.4. The Balaban J connectivity index is 2.61. The first-order chi connectivity index (χ1) is 8.82. The van der Waals surface area contributed by atoms with Crippen LogP contribution in [0.2, 0.25) is 0 Å². The molecule has 0 aliphatic rings. The van der Waals surface area contributed by atoms with Crippen molar-refractivity contribution in [2.75, 3.05) is 0 Å². The van der Waals surface area contributed by atoms with Crippen LogP contribution in [0.4, 0.5) is 13.2 Å². The lowest BCUT2D eigenvalue weighted by atomic mass is 10.1. The summed E-state index contributed by atoms with van der Waals surface area (Å²) in [5, 5.41) is 4.01. The van der Waals surface area contributed by atoms with Crippen molar-refractivity contribution in [3.8, 4) is 5.69 Å². The van der Waals surface area contributed by atoms with Gasteiger partial charge in [0.1, 0.15) is 11.6 Å². The highest BCUT2D eigenvalue weighted by Crippen LogP contribution is 2.32. The van der Waals surface area contributed by atoms with Crippen LogP contribution >= 0.6 is 0 Å². The number of carbonyl (C=O) groups excluding carboxylic acids is 1. The normalized spacial score (nSPS) is 11.6. The zero-order chi connectivity index (χ0) is 14.2. The third kappa shape index (κ3) is 2.49. The average Bonchev–Trinajstić information content (AvgIpc) is 2.66.